The van der Waals surface area contributed by atoms with E-state index in [0.717, 1.165) is 10.0 Å². The van der Waals surface area contributed by atoms with Crippen LogP contribution < -0.4 is 4.72 Å². The molecule has 0 amide bonds. The number of rotatable bonds is 4. The van der Waals surface area contributed by atoms with Gasteiger partial charge >= 0.3 is 0 Å². The van der Waals surface area contributed by atoms with E-state index in [1.807, 2.05) is 24.3 Å². The van der Waals surface area contributed by atoms with Crippen molar-refractivity contribution in [3.8, 4) is 0 Å². The smallest absolute Gasteiger partial charge is 0.207 e. The minimum absolute atomic E-state index is 0.274. The molecule has 0 aliphatic heterocycles. The van der Waals surface area contributed by atoms with E-state index in [1.165, 1.54) is 0 Å². The predicted molar refractivity (Wildman–Crippen MR) is 74.6 cm³/mol. The Balaban J connectivity index is 2.11. The van der Waals surface area contributed by atoms with Gasteiger partial charge in [-0.25, -0.2) is 13.1 Å². The van der Waals surface area contributed by atoms with Gasteiger partial charge in [0, 0.05) is 11.0 Å². The minimum Gasteiger partial charge on any atom is -0.207 e. The molecule has 0 fully saturated rings. The first-order valence-electron chi connectivity index (χ1n) is 5.37. The van der Waals surface area contributed by atoms with Crippen molar-refractivity contribution in [3.05, 3.63) is 64.6 Å². The summed E-state index contributed by atoms with van der Waals surface area (Å²) in [4.78, 5) is 0.278. The SMILES string of the molecule is O=S(=O)(NCc1cccc(Br)c1)c1ccccc1. The summed E-state index contributed by atoms with van der Waals surface area (Å²) < 4.78 is 27.4. The van der Waals surface area contributed by atoms with Crippen LogP contribution in [0, 0.1) is 0 Å². The first-order valence-corrected chi connectivity index (χ1v) is 7.65. The van der Waals surface area contributed by atoms with Gasteiger partial charge < -0.3 is 0 Å². The first kappa shape index (κ1) is 13.3. The third-order valence-electron chi connectivity index (χ3n) is 2.41. The van der Waals surface area contributed by atoms with Gasteiger partial charge in [0.15, 0.2) is 0 Å². The van der Waals surface area contributed by atoms with Crippen molar-refractivity contribution in [2.24, 2.45) is 0 Å². The molecule has 0 radical (unpaired) electrons. The lowest BCUT2D eigenvalue weighted by molar-refractivity contribution is 0.581. The van der Waals surface area contributed by atoms with E-state index in [-0.39, 0.29) is 11.4 Å². The van der Waals surface area contributed by atoms with Gasteiger partial charge in [-0.1, -0.05) is 46.3 Å². The molecule has 0 aliphatic carbocycles. The number of hydrogen-bond acceptors (Lipinski definition) is 2. The number of nitrogens with one attached hydrogen (secondary N) is 1. The molecular weight excluding hydrogens is 314 g/mol. The third kappa shape index (κ3) is 3.41. The summed E-state index contributed by atoms with van der Waals surface area (Å²) in [6.07, 6.45) is 0. The van der Waals surface area contributed by atoms with Crippen LogP contribution in [0.25, 0.3) is 0 Å². The van der Waals surface area contributed by atoms with Crippen LogP contribution in [0.4, 0.5) is 0 Å². The normalized spacial score (nSPS) is 11.4. The van der Waals surface area contributed by atoms with E-state index in [0.29, 0.717) is 0 Å². The van der Waals surface area contributed by atoms with E-state index < -0.39 is 10.0 Å². The van der Waals surface area contributed by atoms with Crippen molar-refractivity contribution >= 4 is 26.0 Å². The van der Waals surface area contributed by atoms with E-state index in [9.17, 15) is 8.42 Å². The van der Waals surface area contributed by atoms with Gasteiger partial charge in [0.2, 0.25) is 10.0 Å². The Kier molecular flexibility index (Phi) is 4.16. The lowest BCUT2D eigenvalue weighted by Gasteiger charge is -2.06. The maximum atomic E-state index is 12.0. The van der Waals surface area contributed by atoms with Crippen molar-refractivity contribution in [2.45, 2.75) is 11.4 Å². The number of hydrogen-bond donors (Lipinski definition) is 1. The lowest BCUT2D eigenvalue weighted by Crippen LogP contribution is -2.23. The maximum Gasteiger partial charge on any atom is 0.240 e. The number of sulfonamides is 1. The molecule has 1 N–H and O–H groups in total. The largest absolute Gasteiger partial charge is 0.240 e. The second kappa shape index (κ2) is 5.65. The van der Waals surface area contributed by atoms with Crippen LogP contribution in [0.2, 0.25) is 0 Å². The molecule has 94 valence electrons. The molecule has 0 bridgehead atoms. The Labute approximate surface area is 115 Å². The average molecular weight is 326 g/mol. The Hall–Kier alpha value is -1.17. The fraction of sp³-hybridized carbons (Fsp3) is 0.0769. The van der Waals surface area contributed by atoms with Gasteiger partial charge in [-0.3, -0.25) is 0 Å². The third-order valence-corrected chi connectivity index (χ3v) is 4.32. The van der Waals surface area contributed by atoms with Crippen molar-refractivity contribution in [3.63, 3.8) is 0 Å². The van der Waals surface area contributed by atoms with Crippen LogP contribution in [0.15, 0.2) is 64.0 Å². The highest BCUT2D eigenvalue weighted by molar-refractivity contribution is 9.10. The molecule has 0 heterocycles. The molecule has 5 heteroatoms. The highest BCUT2D eigenvalue weighted by Crippen LogP contribution is 2.13. The molecule has 0 unspecified atom stereocenters. The van der Waals surface area contributed by atoms with E-state index in [2.05, 4.69) is 20.7 Å². The van der Waals surface area contributed by atoms with Gasteiger partial charge in [0.05, 0.1) is 4.90 Å². The number of benzene rings is 2. The van der Waals surface area contributed by atoms with Crippen LogP contribution in [0.1, 0.15) is 5.56 Å². The Morgan fingerprint density at radius 3 is 2.39 bits per heavy atom. The zero-order chi connectivity index (χ0) is 13.0. The molecule has 0 saturated carbocycles. The van der Waals surface area contributed by atoms with E-state index in [4.69, 9.17) is 0 Å². The summed E-state index contributed by atoms with van der Waals surface area (Å²) in [6, 6.07) is 15.9. The zero-order valence-corrected chi connectivity index (χ0v) is 11.9. The standard InChI is InChI=1S/C13H12BrNO2S/c14-12-6-4-5-11(9-12)10-15-18(16,17)13-7-2-1-3-8-13/h1-9,15H,10H2. The molecule has 2 rings (SSSR count). The molecule has 2 aromatic rings. The summed E-state index contributed by atoms with van der Waals surface area (Å²) in [5.74, 6) is 0. The average Bonchev–Trinajstić information content (AvgIpc) is 2.38. The molecule has 0 atom stereocenters. The molecule has 3 nitrogen and oxygen atoms in total. The van der Waals surface area contributed by atoms with Crippen molar-refractivity contribution in [2.75, 3.05) is 0 Å². The van der Waals surface area contributed by atoms with E-state index in [1.54, 1.807) is 30.3 Å². The topological polar surface area (TPSA) is 46.2 Å². The minimum atomic E-state index is -3.44. The summed E-state index contributed by atoms with van der Waals surface area (Å²) in [6.45, 7) is 0.274. The van der Waals surface area contributed by atoms with Crippen LogP contribution >= 0.6 is 15.9 Å². The molecular formula is C13H12BrNO2S. The number of halogens is 1. The fourth-order valence-corrected chi connectivity index (χ4v) is 2.99. The second-order valence-corrected chi connectivity index (χ2v) is 6.45. The molecule has 0 saturated heterocycles. The van der Waals surface area contributed by atoms with Gasteiger partial charge in [-0.2, -0.15) is 0 Å². The lowest BCUT2D eigenvalue weighted by atomic mass is 10.2. The zero-order valence-electron chi connectivity index (χ0n) is 9.51. The molecule has 18 heavy (non-hydrogen) atoms. The Morgan fingerprint density at radius 2 is 1.72 bits per heavy atom. The van der Waals surface area contributed by atoms with Gasteiger partial charge in [-0.05, 0) is 29.8 Å². The van der Waals surface area contributed by atoms with Crippen LogP contribution in [-0.4, -0.2) is 8.42 Å². The van der Waals surface area contributed by atoms with Crippen LogP contribution in [0.3, 0.4) is 0 Å². The van der Waals surface area contributed by atoms with Gasteiger partial charge in [0.25, 0.3) is 0 Å². The Morgan fingerprint density at radius 1 is 1.00 bits per heavy atom. The van der Waals surface area contributed by atoms with Gasteiger partial charge in [0.1, 0.15) is 0 Å². The Bertz CT molecular complexity index is 626. The molecule has 0 aromatic heterocycles. The first-order chi connectivity index (χ1) is 8.58. The van der Waals surface area contributed by atoms with Gasteiger partial charge in [-0.15, -0.1) is 0 Å². The summed E-state index contributed by atoms with van der Waals surface area (Å²) in [7, 11) is -3.44. The van der Waals surface area contributed by atoms with Crippen molar-refractivity contribution < 1.29 is 8.42 Å². The highest BCUT2D eigenvalue weighted by Gasteiger charge is 2.12. The monoisotopic (exact) mass is 325 g/mol. The van der Waals surface area contributed by atoms with E-state index >= 15 is 0 Å². The van der Waals surface area contributed by atoms with Crippen molar-refractivity contribution in [1.82, 2.24) is 4.72 Å². The van der Waals surface area contributed by atoms with Crippen molar-refractivity contribution in [1.29, 1.82) is 0 Å². The maximum absolute atomic E-state index is 12.0. The molecule has 0 aliphatic rings. The summed E-state index contributed by atoms with van der Waals surface area (Å²) in [5.41, 5.74) is 0.906. The van der Waals surface area contributed by atoms with Crippen LogP contribution in [0.5, 0.6) is 0 Å². The quantitative estimate of drug-likeness (QED) is 0.939. The van der Waals surface area contributed by atoms with Crippen LogP contribution in [-0.2, 0) is 16.6 Å². The predicted octanol–water partition coefficient (Wildman–Crippen LogP) is 2.93. The fourth-order valence-electron chi connectivity index (χ4n) is 1.51. The second-order valence-electron chi connectivity index (χ2n) is 3.77. The molecule has 0 spiro atoms. The summed E-state index contributed by atoms with van der Waals surface area (Å²) >= 11 is 3.35. The highest BCUT2D eigenvalue weighted by atomic mass is 79.9. The molecule has 2 aromatic carbocycles. The summed E-state index contributed by atoms with van der Waals surface area (Å²) in [5, 5.41) is 0.